The Labute approximate surface area is 188 Å². The third-order valence-electron chi connectivity index (χ3n) is 4.71. The van der Waals surface area contributed by atoms with Gasteiger partial charge in [-0.2, -0.15) is 0 Å². The molecule has 0 fully saturated rings. The normalized spacial score (nSPS) is 10.3. The van der Waals surface area contributed by atoms with Crippen molar-refractivity contribution >= 4 is 5.91 Å². The number of benzene rings is 2. The minimum absolute atomic E-state index is 0.122. The van der Waals surface area contributed by atoms with Crippen LogP contribution < -0.4 is 18.9 Å². The van der Waals surface area contributed by atoms with Crippen molar-refractivity contribution in [1.29, 1.82) is 0 Å². The van der Waals surface area contributed by atoms with E-state index in [4.69, 9.17) is 18.9 Å². The zero-order chi connectivity index (χ0) is 22.8. The highest BCUT2D eigenvalue weighted by Gasteiger charge is 2.15. The topological polar surface area (TPSA) is 70.1 Å². The van der Waals surface area contributed by atoms with Gasteiger partial charge in [0.05, 0.1) is 20.3 Å². The first-order valence-corrected chi connectivity index (χ1v) is 10.4. The van der Waals surface area contributed by atoms with Crippen molar-refractivity contribution in [2.75, 3.05) is 33.9 Å². The molecule has 0 radical (unpaired) electrons. The lowest BCUT2D eigenvalue weighted by atomic mass is 10.1. The van der Waals surface area contributed by atoms with Gasteiger partial charge >= 0.3 is 0 Å². The van der Waals surface area contributed by atoms with E-state index >= 15 is 0 Å². The third kappa shape index (κ3) is 6.38. The van der Waals surface area contributed by atoms with Gasteiger partial charge in [0.2, 0.25) is 0 Å². The van der Waals surface area contributed by atoms with Gasteiger partial charge in [0.1, 0.15) is 24.7 Å². The fourth-order valence-electron chi connectivity index (χ4n) is 2.97. The zero-order valence-corrected chi connectivity index (χ0v) is 18.6. The predicted octanol–water partition coefficient (Wildman–Crippen LogP) is 4.22. The van der Waals surface area contributed by atoms with Gasteiger partial charge in [-0.05, 0) is 55.5 Å². The first kappa shape index (κ1) is 22.9. The molecule has 168 valence electrons. The lowest BCUT2D eigenvalue weighted by molar-refractivity contribution is 0.0773. The Bertz CT molecular complexity index is 993. The molecule has 0 saturated heterocycles. The first-order valence-electron chi connectivity index (χ1n) is 10.4. The van der Waals surface area contributed by atoms with Crippen molar-refractivity contribution in [3.05, 3.63) is 78.1 Å². The van der Waals surface area contributed by atoms with E-state index in [-0.39, 0.29) is 5.91 Å². The van der Waals surface area contributed by atoms with Crippen molar-refractivity contribution < 1.29 is 23.7 Å². The fourth-order valence-corrected chi connectivity index (χ4v) is 2.97. The van der Waals surface area contributed by atoms with E-state index in [2.05, 4.69) is 4.98 Å². The number of methoxy groups -OCH3 is 1. The molecule has 0 N–H and O–H groups in total. The van der Waals surface area contributed by atoms with E-state index in [1.165, 1.54) is 0 Å². The summed E-state index contributed by atoms with van der Waals surface area (Å²) in [6.45, 7) is 3.53. The van der Waals surface area contributed by atoms with Gasteiger partial charge in [0.25, 0.3) is 5.91 Å². The highest BCUT2D eigenvalue weighted by Crippen LogP contribution is 2.29. The van der Waals surface area contributed by atoms with Gasteiger partial charge < -0.3 is 23.8 Å². The molecule has 1 aromatic heterocycles. The van der Waals surface area contributed by atoms with Crippen LogP contribution in [0.2, 0.25) is 0 Å². The number of rotatable bonds is 11. The van der Waals surface area contributed by atoms with Crippen LogP contribution >= 0.6 is 0 Å². The summed E-state index contributed by atoms with van der Waals surface area (Å²) in [5.74, 6) is 2.48. The maximum absolute atomic E-state index is 12.9. The van der Waals surface area contributed by atoms with Crippen LogP contribution in [0.25, 0.3) is 0 Å². The molecule has 0 unspecified atom stereocenters. The summed E-state index contributed by atoms with van der Waals surface area (Å²) in [6.07, 6.45) is 3.47. The Morgan fingerprint density at radius 1 is 0.969 bits per heavy atom. The lowest BCUT2D eigenvalue weighted by Gasteiger charge is -2.19. The van der Waals surface area contributed by atoms with Crippen LogP contribution in [0.3, 0.4) is 0 Å². The second-order valence-corrected chi connectivity index (χ2v) is 7.00. The van der Waals surface area contributed by atoms with Crippen LogP contribution in [0, 0.1) is 0 Å². The average molecular weight is 437 g/mol. The zero-order valence-electron chi connectivity index (χ0n) is 18.6. The van der Waals surface area contributed by atoms with E-state index in [1.54, 1.807) is 49.7 Å². The Morgan fingerprint density at radius 2 is 1.75 bits per heavy atom. The van der Waals surface area contributed by atoms with Crippen molar-refractivity contribution in [2.45, 2.75) is 13.5 Å². The maximum Gasteiger partial charge on any atom is 0.253 e. The standard InChI is InChI=1S/C25H28N2O5/c1-4-30-24-16-20(7-12-23(24)32-18-19-6-5-13-26-17-19)25(28)27(2)14-15-31-22-10-8-21(29-3)9-11-22/h5-13,16-17H,4,14-15,18H2,1-3H3. The van der Waals surface area contributed by atoms with E-state index in [0.29, 0.717) is 43.4 Å². The van der Waals surface area contributed by atoms with Crippen LogP contribution in [0.1, 0.15) is 22.8 Å². The van der Waals surface area contributed by atoms with Crippen LogP contribution in [0.5, 0.6) is 23.0 Å². The number of carbonyl (C=O) groups excluding carboxylic acids is 1. The smallest absolute Gasteiger partial charge is 0.253 e. The Hall–Kier alpha value is -3.74. The maximum atomic E-state index is 12.9. The molecule has 0 bridgehead atoms. The van der Waals surface area contributed by atoms with Gasteiger partial charge in [-0.25, -0.2) is 0 Å². The quantitative estimate of drug-likeness (QED) is 0.448. The number of nitrogens with zero attached hydrogens (tertiary/aromatic N) is 2. The molecule has 3 aromatic rings. The number of amides is 1. The molecule has 32 heavy (non-hydrogen) atoms. The minimum atomic E-state index is -0.122. The molecule has 1 amide bonds. The lowest BCUT2D eigenvalue weighted by Crippen LogP contribution is -2.30. The number of hydrogen-bond donors (Lipinski definition) is 0. The second-order valence-electron chi connectivity index (χ2n) is 7.00. The van der Waals surface area contributed by atoms with Crippen molar-refractivity contribution in [3.8, 4) is 23.0 Å². The monoisotopic (exact) mass is 436 g/mol. The average Bonchev–Trinajstić information content (AvgIpc) is 2.84. The van der Waals surface area contributed by atoms with E-state index in [1.807, 2.05) is 43.3 Å². The number of hydrogen-bond acceptors (Lipinski definition) is 6. The molecule has 0 atom stereocenters. The Kier molecular flexibility index (Phi) is 8.31. The molecular weight excluding hydrogens is 408 g/mol. The molecule has 1 heterocycles. The summed E-state index contributed by atoms with van der Waals surface area (Å²) >= 11 is 0. The first-order chi connectivity index (χ1) is 15.6. The fraction of sp³-hybridized carbons (Fsp3) is 0.280. The summed E-state index contributed by atoms with van der Waals surface area (Å²) in [4.78, 5) is 18.6. The molecule has 0 aliphatic rings. The molecular formula is C25H28N2O5. The molecule has 0 spiro atoms. The van der Waals surface area contributed by atoms with Crippen LogP contribution in [0.15, 0.2) is 67.0 Å². The molecule has 3 rings (SSSR count). The Balaban J connectivity index is 1.58. The number of aromatic nitrogens is 1. The van der Waals surface area contributed by atoms with Crippen LogP contribution in [-0.2, 0) is 6.61 Å². The van der Waals surface area contributed by atoms with Gasteiger partial charge in [0.15, 0.2) is 11.5 Å². The Morgan fingerprint density at radius 3 is 2.44 bits per heavy atom. The summed E-state index contributed by atoms with van der Waals surface area (Å²) in [7, 11) is 3.36. The summed E-state index contributed by atoms with van der Waals surface area (Å²) in [6, 6.07) is 16.3. The number of likely N-dealkylation sites (N-methyl/N-ethyl adjacent to an activating group) is 1. The second kappa shape index (κ2) is 11.6. The van der Waals surface area contributed by atoms with Crippen LogP contribution in [0.4, 0.5) is 0 Å². The third-order valence-corrected chi connectivity index (χ3v) is 4.71. The van der Waals surface area contributed by atoms with E-state index < -0.39 is 0 Å². The highest BCUT2D eigenvalue weighted by atomic mass is 16.5. The van der Waals surface area contributed by atoms with Gasteiger partial charge in [-0.15, -0.1) is 0 Å². The SMILES string of the molecule is CCOc1cc(C(=O)N(C)CCOc2ccc(OC)cc2)ccc1OCc1cccnc1. The van der Waals surface area contributed by atoms with Gasteiger partial charge in [-0.3, -0.25) is 9.78 Å². The van der Waals surface area contributed by atoms with Gasteiger partial charge in [-0.1, -0.05) is 6.07 Å². The van der Waals surface area contributed by atoms with E-state index in [0.717, 1.165) is 17.1 Å². The van der Waals surface area contributed by atoms with E-state index in [9.17, 15) is 4.79 Å². The van der Waals surface area contributed by atoms with Crippen molar-refractivity contribution in [3.63, 3.8) is 0 Å². The molecule has 7 nitrogen and oxygen atoms in total. The number of ether oxygens (including phenoxy) is 4. The molecule has 2 aromatic carbocycles. The van der Waals surface area contributed by atoms with Crippen molar-refractivity contribution in [2.24, 2.45) is 0 Å². The van der Waals surface area contributed by atoms with Crippen molar-refractivity contribution in [1.82, 2.24) is 9.88 Å². The highest BCUT2D eigenvalue weighted by molar-refractivity contribution is 5.94. The molecule has 0 aliphatic carbocycles. The molecule has 0 aliphatic heterocycles. The summed E-state index contributed by atoms with van der Waals surface area (Å²) in [5, 5.41) is 0. The summed E-state index contributed by atoms with van der Waals surface area (Å²) < 4.78 is 22.4. The molecule has 7 heteroatoms. The van der Waals surface area contributed by atoms with Gasteiger partial charge in [0, 0.05) is 30.6 Å². The molecule has 0 saturated carbocycles. The largest absolute Gasteiger partial charge is 0.497 e. The number of carbonyl (C=O) groups is 1. The number of pyridine rings is 1. The van der Waals surface area contributed by atoms with Crippen LogP contribution in [-0.4, -0.2) is 49.7 Å². The predicted molar refractivity (Wildman–Crippen MR) is 122 cm³/mol. The minimum Gasteiger partial charge on any atom is -0.497 e. The summed E-state index contributed by atoms with van der Waals surface area (Å²) in [5.41, 5.74) is 1.47.